The van der Waals surface area contributed by atoms with E-state index in [1.165, 1.54) is 21.9 Å². The third-order valence-electron chi connectivity index (χ3n) is 8.54. The minimum absolute atomic E-state index is 0.183. The summed E-state index contributed by atoms with van der Waals surface area (Å²) in [6, 6.07) is 25.1. The molecule has 4 aromatic carbocycles. The Bertz CT molecular complexity index is 1600. The summed E-state index contributed by atoms with van der Waals surface area (Å²) in [7, 11) is 0. The molecule has 5 rings (SSSR count). The Morgan fingerprint density at radius 2 is 1.66 bits per heavy atom. The average Bonchev–Trinajstić information content (AvgIpc) is 2.98. The normalized spacial score (nSPS) is 14.8. The minimum atomic E-state index is -0.298. The number of aryl methyl sites for hydroxylation is 1. The lowest BCUT2D eigenvalue weighted by Crippen LogP contribution is -2.39. The minimum Gasteiger partial charge on any atom is -0.380 e. The van der Waals surface area contributed by atoms with E-state index in [2.05, 4.69) is 78.3 Å². The molecule has 4 aromatic rings. The molecule has 0 saturated carbocycles. The molecule has 41 heavy (non-hydrogen) atoms. The van der Waals surface area contributed by atoms with E-state index in [4.69, 9.17) is 0 Å². The van der Waals surface area contributed by atoms with Crippen molar-refractivity contribution in [2.24, 2.45) is 0 Å². The second kappa shape index (κ2) is 12.7. The number of piperidine rings is 1. The third kappa shape index (κ3) is 6.34. The van der Waals surface area contributed by atoms with Gasteiger partial charge in [0.2, 0.25) is 0 Å². The van der Waals surface area contributed by atoms with Crippen molar-refractivity contribution >= 4 is 28.3 Å². The fraction of sp³-hybridized carbons (Fsp3) is 0.270. The van der Waals surface area contributed by atoms with Crippen LogP contribution < -0.4 is 5.32 Å². The maximum atomic E-state index is 16.1. The van der Waals surface area contributed by atoms with Gasteiger partial charge in [-0.3, -0.25) is 9.69 Å². The van der Waals surface area contributed by atoms with E-state index in [1.807, 2.05) is 19.1 Å². The molecule has 1 aliphatic heterocycles. The Morgan fingerprint density at radius 1 is 1.00 bits per heavy atom. The van der Waals surface area contributed by atoms with Gasteiger partial charge in [0, 0.05) is 37.7 Å². The van der Waals surface area contributed by atoms with Crippen LogP contribution in [0, 0.1) is 19.7 Å². The predicted molar refractivity (Wildman–Crippen MR) is 170 cm³/mol. The van der Waals surface area contributed by atoms with Crippen LogP contribution in [0.4, 0.5) is 10.1 Å². The molecule has 3 nitrogen and oxygen atoms in total. The Balaban J connectivity index is 1.46. The lowest BCUT2D eigenvalue weighted by Gasteiger charge is -2.34. The first-order valence-electron chi connectivity index (χ1n) is 14.5. The van der Waals surface area contributed by atoms with Crippen molar-refractivity contribution in [2.75, 3.05) is 18.4 Å². The summed E-state index contributed by atoms with van der Waals surface area (Å²) in [4.78, 5) is 14.2. The highest BCUT2D eigenvalue weighted by Crippen LogP contribution is 2.36. The first-order valence-corrected chi connectivity index (χ1v) is 14.5. The van der Waals surface area contributed by atoms with Crippen molar-refractivity contribution in [3.63, 3.8) is 0 Å². The van der Waals surface area contributed by atoms with E-state index in [-0.39, 0.29) is 11.9 Å². The molecule has 1 aliphatic rings. The van der Waals surface area contributed by atoms with Crippen molar-refractivity contribution < 1.29 is 9.18 Å². The summed E-state index contributed by atoms with van der Waals surface area (Å²) < 4.78 is 16.1. The second-order valence-corrected chi connectivity index (χ2v) is 11.2. The molecule has 0 radical (unpaired) electrons. The molecule has 1 heterocycles. The van der Waals surface area contributed by atoms with E-state index in [1.54, 1.807) is 19.1 Å². The molecule has 0 bridgehead atoms. The number of carbonyl (C=O) groups excluding carboxylic acids is 1. The molecule has 1 saturated heterocycles. The van der Waals surface area contributed by atoms with Gasteiger partial charge < -0.3 is 5.32 Å². The molecule has 1 fully saturated rings. The van der Waals surface area contributed by atoms with Crippen LogP contribution in [-0.4, -0.2) is 30.3 Å². The number of anilines is 1. The van der Waals surface area contributed by atoms with Gasteiger partial charge in [0.1, 0.15) is 12.1 Å². The monoisotopic (exact) mass is 546 g/mol. The van der Waals surface area contributed by atoms with E-state index >= 15 is 4.39 Å². The number of hydrogen-bond donors (Lipinski definition) is 1. The van der Waals surface area contributed by atoms with E-state index in [0.29, 0.717) is 28.8 Å². The van der Waals surface area contributed by atoms with Crippen LogP contribution in [0.5, 0.6) is 0 Å². The van der Waals surface area contributed by atoms with Crippen LogP contribution in [0.15, 0.2) is 91.0 Å². The fourth-order valence-corrected chi connectivity index (χ4v) is 6.02. The predicted octanol–water partition coefficient (Wildman–Crippen LogP) is 8.42. The smallest absolute Gasteiger partial charge is 0.150 e. The third-order valence-corrected chi connectivity index (χ3v) is 8.54. The number of benzene rings is 4. The number of rotatable bonds is 9. The van der Waals surface area contributed by atoms with Crippen LogP contribution >= 0.6 is 0 Å². The first-order chi connectivity index (χ1) is 19.9. The summed E-state index contributed by atoms with van der Waals surface area (Å²) in [5, 5.41) is 6.00. The topological polar surface area (TPSA) is 32.3 Å². The Morgan fingerprint density at radius 3 is 2.32 bits per heavy atom. The fourth-order valence-electron chi connectivity index (χ4n) is 6.02. The zero-order valence-electron chi connectivity index (χ0n) is 24.3. The number of allylic oxidation sites excluding steroid dienone is 3. The largest absolute Gasteiger partial charge is 0.380 e. The summed E-state index contributed by atoms with van der Waals surface area (Å²) in [5.74, 6) is -0.298. The van der Waals surface area contributed by atoms with Crippen LogP contribution in [0.3, 0.4) is 0 Å². The highest BCUT2D eigenvalue weighted by molar-refractivity contribution is 5.98. The van der Waals surface area contributed by atoms with Crippen LogP contribution in [-0.2, 0) is 17.8 Å². The molecule has 210 valence electrons. The Labute approximate surface area is 243 Å². The quantitative estimate of drug-likeness (QED) is 0.130. The molecule has 0 aliphatic carbocycles. The van der Waals surface area contributed by atoms with Gasteiger partial charge in [-0.05, 0) is 89.4 Å². The van der Waals surface area contributed by atoms with Gasteiger partial charge in [-0.25, -0.2) is 4.39 Å². The van der Waals surface area contributed by atoms with Crippen molar-refractivity contribution in [1.29, 1.82) is 0 Å². The zero-order valence-corrected chi connectivity index (χ0v) is 24.3. The maximum Gasteiger partial charge on any atom is 0.150 e. The van der Waals surface area contributed by atoms with Crippen molar-refractivity contribution in [2.45, 2.75) is 52.6 Å². The van der Waals surface area contributed by atoms with Crippen LogP contribution in [0.2, 0.25) is 0 Å². The SMILES string of the molecule is C=C(/C(C=O)=C\C)c1cc(F)c(NC2CCN(Cc3ccccc3)CC2)c(Cc2cc3ccccc3cc2C)c1C. The van der Waals surface area contributed by atoms with Gasteiger partial charge in [-0.15, -0.1) is 0 Å². The molecule has 0 unspecified atom stereocenters. The number of aldehydes is 1. The van der Waals surface area contributed by atoms with E-state index < -0.39 is 0 Å². The number of carbonyl (C=O) groups is 1. The molecule has 4 heteroatoms. The van der Waals surface area contributed by atoms with Crippen molar-refractivity contribution in [3.05, 3.63) is 130 Å². The number of likely N-dealkylation sites (tertiary alicyclic amines) is 1. The standard InChI is InChI=1S/C37H39FN2O/c1-5-29(24-41)26(3)34-22-36(38)37(39-33-15-17-40(18-16-33)23-28-11-7-6-8-12-28)35(27(34)4)21-32-20-31-14-10-9-13-30(31)19-25(32)2/h5-14,19-20,22,24,33,39H,3,15-18,21,23H2,1-2,4H3/b29-5-. The van der Waals surface area contributed by atoms with Gasteiger partial charge in [-0.1, -0.05) is 79.4 Å². The number of halogens is 1. The Kier molecular flexibility index (Phi) is 8.80. The first kappa shape index (κ1) is 28.5. The Hall–Kier alpha value is -4.02. The lowest BCUT2D eigenvalue weighted by atomic mass is 9.87. The lowest BCUT2D eigenvalue weighted by molar-refractivity contribution is -0.104. The summed E-state index contributed by atoms with van der Waals surface area (Å²) in [5.41, 5.74) is 7.82. The molecular weight excluding hydrogens is 507 g/mol. The maximum absolute atomic E-state index is 16.1. The van der Waals surface area contributed by atoms with Crippen molar-refractivity contribution in [1.82, 2.24) is 4.90 Å². The zero-order chi connectivity index (χ0) is 28.9. The average molecular weight is 547 g/mol. The van der Waals surface area contributed by atoms with E-state index in [0.717, 1.165) is 55.5 Å². The summed E-state index contributed by atoms with van der Waals surface area (Å²) in [6.45, 7) is 13.0. The van der Waals surface area contributed by atoms with Gasteiger partial charge in [0.15, 0.2) is 0 Å². The van der Waals surface area contributed by atoms with Gasteiger partial charge in [0.05, 0.1) is 5.69 Å². The molecular formula is C37H39FN2O. The summed E-state index contributed by atoms with van der Waals surface area (Å²) >= 11 is 0. The number of fused-ring (bicyclic) bond motifs is 1. The van der Waals surface area contributed by atoms with Crippen molar-refractivity contribution in [3.8, 4) is 0 Å². The van der Waals surface area contributed by atoms with E-state index in [9.17, 15) is 4.79 Å². The number of nitrogens with one attached hydrogen (secondary N) is 1. The molecule has 1 N–H and O–H groups in total. The van der Waals surface area contributed by atoms with Crippen LogP contribution in [0.25, 0.3) is 16.3 Å². The van der Waals surface area contributed by atoms with Gasteiger partial charge >= 0.3 is 0 Å². The number of hydrogen-bond acceptors (Lipinski definition) is 3. The molecule has 0 spiro atoms. The van der Waals surface area contributed by atoms with Gasteiger partial charge in [-0.2, -0.15) is 0 Å². The van der Waals surface area contributed by atoms with Gasteiger partial charge in [0.25, 0.3) is 0 Å². The highest BCUT2D eigenvalue weighted by atomic mass is 19.1. The molecule has 0 aromatic heterocycles. The molecule has 0 amide bonds. The molecule has 0 atom stereocenters. The summed E-state index contributed by atoms with van der Waals surface area (Å²) in [6.07, 6.45) is 5.00. The second-order valence-electron chi connectivity index (χ2n) is 11.2. The number of nitrogens with zero attached hydrogens (tertiary/aromatic N) is 1. The highest BCUT2D eigenvalue weighted by Gasteiger charge is 2.24. The van der Waals surface area contributed by atoms with Crippen LogP contribution in [0.1, 0.15) is 53.1 Å².